The third-order valence-corrected chi connectivity index (χ3v) is 5.37. The molecule has 154 valence electrons. The lowest BCUT2D eigenvalue weighted by Crippen LogP contribution is -2.00. The summed E-state index contributed by atoms with van der Waals surface area (Å²) in [5, 5.41) is 25.6. The van der Waals surface area contributed by atoms with Gasteiger partial charge in [-0.15, -0.1) is 11.3 Å². The van der Waals surface area contributed by atoms with Gasteiger partial charge >= 0.3 is 0 Å². The molecule has 3 aromatic rings. The number of fused-ring (bicyclic) bond motifs is 1. The molecule has 9 nitrogen and oxygen atoms in total. The van der Waals surface area contributed by atoms with Crippen LogP contribution in [0.15, 0.2) is 48.0 Å². The second-order valence-corrected chi connectivity index (χ2v) is 7.32. The molecule has 0 aliphatic carbocycles. The Hall–Kier alpha value is -4.23. The van der Waals surface area contributed by atoms with Crippen LogP contribution in [0.1, 0.15) is 22.3 Å². The Morgan fingerprint density at radius 3 is 2.65 bits per heavy atom. The van der Waals surface area contributed by atoms with Crippen LogP contribution in [-0.4, -0.2) is 22.5 Å². The van der Waals surface area contributed by atoms with E-state index in [4.69, 9.17) is 9.47 Å². The molecule has 0 bridgehead atoms. The van der Waals surface area contributed by atoms with E-state index in [1.807, 2.05) is 0 Å². The number of nitrogens with zero attached hydrogens (tertiary/aromatic N) is 3. The number of nitrogens with one attached hydrogen (secondary N) is 1. The number of rotatable bonds is 6. The van der Waals surface area contributed by atoms with Crippen molar-refractivity contribution < 1.29 is 19.2 Å². The van der Waals surface area contributed by atoms with Gasteiger partial charge in [0.05, 0.1) is 16.3 Å². The Morgan fingerprint density at radius 2 is 2.00 bits per heavy atom. The van der Waals surface area contributed by atoms with E-state index in [0.717, 1.165) is 0 Å². The summed E-state index contributed by atoms with van der Waals surface area (Å²) in [5.74, 6) is 0.837. The van der Waals surface area contributed by atoms with Crippen molar-refractivity contribution in [2.24, 2.45) is 0 Å². The van der Waals surface area contributed by atoms with Gasteiger partial charge in [0, 0.05) is 40.9 Å². The Balaban J connectivity index is 1.60. The first kappa shape index (κ1) is 20.1. The Kier molecular flexibility index (Phi) is 5.34. The van der Waals surface area contributed by atoms with Crippen molar-refractivity contribution in [3.05, 3.63) is 68.7 Å². The van der Waals surface area contributed by atoms with Crippen LogP contribution in [0, 0.1) is 21.4 Å². The number of hydrogen-bond acceptors (Lipinski definition) is 9. The first-order valence-corrected chi connectivity index (χ1v) is 9.86. The predicted molar refractivity (Wildman–Crippen MR) is 114 cm³/mol. The maximum absolute atomic E-state index is 12.0. The third-order valence-electron chi connectivity index (χ3n) is 4.49. The number of allylic oxidation sites excluding steroid dienone is 1. The lowest BCUT2D eigenvalue weighted by molar-refractivity contribution is -0.384. The molecular weight excluding hydrogens is 420 g/mol. The normalized spacial score (nSPS) is 12.3. The molecule has 0 radical (unpaired) electrons. The highest BCUT2D eigenvalue weighted by atomic mass is 32.1. The van der Waals surface area contributed by atoms with Crippen molar-refractivity contribution in [2.45, 2.75) is 6.92 Å². The molecular formula is C21H14N4O5S. The molecule has 2 heterocycles. The summed E-state index contributed by atoms with van der Waals surface area (Å²) in [6, 6.07) is 11.4. The van der Waals surface area contributed by atoms with E-state index in [1.54, 1.807) is 29.6 Å². The quantitative estimate of drug-likeness (QED) is 0.257. The highest BCUT2D eigenvalue weighted by Gasteiger charge is 2.19. The minimum absolute atomic E-state index is 0.00832. The topological polar surface area (TPSA) is 127 Å². The van der Waals surface area contributed by atoms with E-state index >= 15 is 0 Å². The minimum Gasteiger partial charge on any atom is -0.454 e. The lowest BCUT2D eigenvalue weighted by atomic mass is 10.1. The molecule has 0 atom stereocenters. The molecule has 0 amide bonds. The maximum atomic E-state index is 12.0. The molecule has 0 unspecified atom stereocenters. The number of ketones is 1. The lowest BCUT2D eigenvalue weighted by Gasteiger charge is -2.08. The van der Waals surface area contributed by atoms with E-state index in [9.17, 15) is 20.2 Å². The molecule has 1 aliphatic rings. The van der Waals surface area contributed by atoms with E-state index in [1.165, 1.54) is 36.6 Å². The zero-order chi connectivity index (χ0) is 22.0. The summed E-state index contributed by atoms with van der Waals surface area (Å²) in [5.41, 5.74) is 2.45. The van der Waals surface area contributed by atoms with Crippen LogP contribution in [0.2, 0.25) is 0 Å². The number of benzene rings is 2. The van der Waals surface area contributed by atoms with Gasteiger partial charge in [0.1, 0.15) is 16.6 Å². The summed E-state index contributed by atoms with van der Waals surface area (Å²) in [4.78, 5) is 26.8. The minimum atomic E-state index is -0.468. The number of nitro benzene ring substituents is 1. The van der Waals surface area contributed by atoms with Crippen molar-refractivity contribution in [2.75, 3.05) is 12.1 Å². The number of Topliss-reactive ketones (excluding diaryl/α,β-unsaturated/α-hetero) is 1. The largest absolute Gasteiger partial charge is 0.454 e. The molecule has 1 aliphatic heterocycles. The molecule has 1 N–H and O–H groups in total. The first-order chi connectivity index (χ1) is 15.0. The van der Waals surface area contributed by atoms with Gasteiger partial charge in [0.2, 0.25) is 6.79 Å². The number of carbonyl (C=O) groups is 1. The molecule has 31 heavy (non-hydrogen) atoms. The molecule has 1 aromatic heterocycles. The fraction of sp³-hybridized carbons (Fsp3) is 0.0952. The van der Waals surface area contributed by atoms with Crippen molar-refractivity contribution in [3.8, 4) is 28.8 Å². The first-order valence-electron chi connectivity index (χ1n) is 8.98. The van der Waals surface area contributed by atoms with Gasteiger partial charge < -0.3 is 14.8 Å². The fourth-order valence-corrected chi connectivity index (χ4v) is 3.72. The molecule has 0 saturated heterocycles. The Labute approximate surface area is 180 Å². The smallest absolute Gasteiger partial charge is 0.269 e. The number of ether oxygens (including phenoxy) is 2. The van der Waals surface area contributed by atoms with Gasteiger partial charge in [-0.05, 0) is 25.1 Å². The monoisotopic (exact) mass is 434 g/mol. The van der Waals surface area contributed by atoms with Crippen LogP contribution in [0.4, 0.5) is 11.4 Å². The number of aromatic nitrogens is 1. The van der Waals surface area contributed by atoms with Gasteiger partial charge in [0.25, 0.3) is 5.69 Å². The van der Waals surface area contributed by atoms with E-state index in [2.05, 4.69) is 16.4 Å². The zero-order valence-electron chi connectivity index (χ0n) is 16.1. The number of non-ortho nitro benzene ring substituents is 1. The molecule has 4 rings (SSSR count). The van der Waals surface area contributed by atoms with Gasteiger partial charge in [-0.1, -0.05) is 0 Å². The number of nitro groups is 1. The Morgan fingerprint density at radius 1 is 1.29 bits per heavy atom. The van der Waals surface area contributed by atoms with Crippen LogP contribution < -0.4 is 14.8 Å². The Bertz CT molecular complexity index is 1260. The summed E-state index contributed by atoms with van der Waals surface area (Å²) in [7, 11) is 0. The average molecular weight is 434 g/mol. The summed E-state index contributed by atoms with van der Waals surface area (Å²) in [6.45, 7) is 1.52. The number of thiazole rings is 1. The summed E-state index contributed by atoms with van der Waals surface area (Å²) < 4.78 is 10.7. The standard InChI is InChI=1S/C21H14N4O5S/c1-12(26)16-6-19-20(30-11-29-19)7-17(16)23-9-14(8-22)21-24-18(10-31-21)13-2-4-15(5-3-13)25(27)28/h2-7,9-10,23H,11H2,1H3/b14-9+. The molecule has 0 spiro atoms. The average Bonchev–Trinajstić information content (AvgIpc) is 3.43. The third kappa shape index (κ3) is 4.08. The van der Waals surface area contributed by atoms with Crippen LogP contribution in [0.25, 0.3) is 16.8 Å². The van der Waals surface area contributed by atoms with E-state index in [-0.39, 0.29) is 23.8 Å². The van der Waals surface area contributed by atoms with Gasteiger partial charge in [-0.2, -0.15) is 5.26 Å². The molecule has 2 aromatic carbocycles. The molecule has 0 saturated carbocycles. The zero-order valence-corrected chi connectivity index (χ0v) is 16.9. The SMILES string of the molecule is CC(=O)c1cc2c(cc1N/C=C(\C#N)c1nc(-c3ccc([N+](=O)[O-])cc3)cs1)OCO2. The molecule has 0 fully saturated rings. The molecule has 10 heteroatoms. The van der Waals surface area contributed by atoms with E-state index in [0.29, 0.717) is 39.0 Å². The maximum Gasteiger partial charge on any atom is 0.269 e. The van der Waals surface area contributed by atoms with Gasteiger partial charge in [-0.3, -0.25) is 14.9 Å². The number of anilines is 1. The van der Waals surface area contributed by atoms with Crippen LogP contribution >= 0.6 is 11.3 Å². The highest BCUT2D eigenvalue weighted by Crippen LogP contribution is 2.37. The second kappa shape index (κ2) is 8.25. The van der Waals surface area contributed by atoms with Crippen molar-refractivity contribution >= 4 is 34.1 Å². The number of nitriles is 1. The highest BCUT2D eigenvalue weighted by molar-refractivity contribution is 7.11. The van der Waals surface area contributed by atoms with Crippen LogP contribution in [-0.2, 0) is 0 Å². The summed E-state index contributed by atoms with van der Waals surface area (Å²) in [6.07, 6.45) is 1.47. The number of hydrogen-bond donors (Lipinski definition) is 1. The van der Waals surface area contributed by atoms with Gasteiger partial charge in [-0.25, -0.2) is 4.98 Å². The van der Waals surface area contributed by atoms with Crippen molar-refractivity contribution in [1.29, 1.82) is 5.26 Å². The van der Waals surface area contributed by atoms with Crippen LogP contribution in [0.3, 0.4) is 0 Å². The predicted octanol–water partition coefficient (Wildman–Crippen LogP) is 4.63. The summed E-state index contributed by atoms with van der Waals surface area (Å²) >= 11 is 1.27. The van der Waals surface area contributed by atoms with Crippen molar-refractivity contribution in [3.63, 3.8) is 0 Å². The second-order valence-electron chi connectivity index (χ2n) is 6.46. The van der Waals surface area contributed by atoms with Crippen molar-refractivity contribution in [1.82, 2.24) is 4.98 Å². The van der Waals surface area contributed by atoms with Crippen LogP contribution in [0.5, 0.6) is 11.5 Å². The fourth-order valence-electron chi connectivity index (χ4n) is 2.93. The van der Waals surface area contributed by atoms with Gasteiger partial charge in [0.15, 0.2) is 17.3 Å². The van der Waals surface area contributed by atoms with E-state index < -0.39 is 4.92 Å². The number of carbonyl (C=O) groups excluding carboxylic acids is 1.